The topological polar surface area (TPSA) is 98.0 Å². The van der Waals surface area contributed by atoms with Gasteiger partial charge in [-0.05, 0) is 36.1 Å². The molecule has 2 aromatic carbocycles. The van der Waals surface area contributed by atoms with Gasteiger partial charge in [-0.2, -0.15) is 0 Å². The maximum atomic E-state index is 13.7. The summed E-state index contributed by atoms with van der Waals surface area (Å²) in [6, 6.07) is 15.7. The lowest BCUT2D eigenvalue weighted by Crippen LogP contribution is -2.41. The fraction of sp³-hybridized carbons (Fsp3) is 0.300. The second kappa shape index (κ2) is 11.4. The Hall–Kier alpha value is -4.28. The normalized spacial score (nSPS) is 14.9. The van der Waals surface area contributed by atoms with E-state index in [0.717, 1.165) is 37.1 Å². The van der Waals surface area contributed by atoms with Crippen molar-refractivity contribution in [2.75, 3.05) is 13.1 Å². The maximum absolute atomic E-state index is 13.7. The number of imidazole rings is 1. The minimum absolute atomic E-state index is 0.0193. The zero-order valence-electron chi connectivity index (χ0n) is 21.9. The van der Waals surface area contributed by atoms with Crippen LogP contribution in [0.15, 0.2) is 82.4 Å². The number of aromatic nitrogens is 4. The van der Waals surface area contributed by atoms with Gasteiger partial charge >= 0.3 is 5.56 Å². The van der Waals surface area contributed by atoms with Gasteiger partial charge in [-0.15, -0.1) is 0 Å². The highest BCUT2D eigenvalue weighted by molar-refractivity contribution is 5.60. The van der Waals surface area contributed by atoms with Gasteiger partial charge in [0.1, 0.15) is 24.4 Å². The van der Waals surface area contributed by atoms with E-state index in [4.69, 9.17) is 14.1 Å². The summed E-state index contributed by atoms with van der Waals surface area (Å²) in [5, 5.41) is 10.9. The fourth-order valence-corrected chi connectivity index (χ4v) is 5.01. The first kappa shape index (κ1) is 26.0. The zero-order valence-corrected chi connectivity index (χ0v) is 21.9. The Bertz CT molecular complexity index is 1640. The second-order valence-corrected chi connectivity index (χ2v) is 10.0. The van der Waals surface area contributed by atoms with Crippen LogP contribution < -0.4 is 10.3 Å². The van der Waals surface area contributed by atoms with Crippen LogP contribution in [0, 0.1) is 5.82 Å². The van der Waals surface area contributed by atoms with Crippen LogP contribution in [-0.4, -0.2) is 48.3 Å². The predicted octanol–water partition coefficient (Wildman–Crippen LogP) is 4.26. The number of aliphatic hydroxyl groups excluding tert-OH is 1. The highest BCUT2D eigenvalue weighted by atomic mass is 19.1. The van der Waals surface area contributed by atoms with E-state index in [0.29, 0.717) is 18.0 Å². The van der Waals surface area contributed by atoms with Gasteiger partial charge in [0.2, 0.25) is 17.4 Å². The van der Waals surface area contributed by atoms with Crippen LogP contribution in [0.5, 0.6) is 5.75 Å². The number of hydrogen-bond donors (Lipinski definition) is 1. The van der Waals surface area contributed by atoms with E-state index in [1.54, 1.807) is 35.3 Å². The van der Waals surface area contributed by atoms with E-state index < -0.39 is 11.8 Å². The number of rotatable bonds is 9. The molecule has 40 heavy (non-hydrogen) atoms. The van der Waals surface area contributed by atoms with Crippen LogP contribution in [0.25, 0.3) is 17.4 Å². The molecule has 1 fully saturated rings. The molecule has 4 heterocycles. The standard InChI is InChI=1S/C30H30FN5O4/c31-23-11-9-21(10-12-23)17-24-18-32-28(40-24)26-27(39-20-22-7-3-1-4-8-22)29(38)36-16-15-35(30(36)33-26)19-25(37)34-13-5-2-6-14-34/h1,3-4,7-12,15-16,18,25,37H,2,5-6,13-14,17,19-20H2. The van der Waals surface area contributed by atoms with Gasteiger partial charge in [0, 0.05) is 31.9 Å². The van der Waals surface area contributed by atoms with Crippen LogP contribution in [0.4, 0.5) is 4.39 Å². The molecule has 0 bridgehead atoms. The summed E-state index contributed by atoms with van der Waals surface area (Å²) in [7, 11) is 0. The predicted molar refractivity (Wildman–Crippen MR) is 146 cm³/mol. The molecular weight excluding hydrogens is 513 g/mol. The molecule has 3 aromatic heterocycles. The van der Waals surface area contributed by atoms with Crippen molar-refractivity contribution in [3.8, 4) is 17.3 Å². The van der Waals surface area contributed by atoms with E-state index in [2.05, 4.69) is 4.98 Å². The highest BCUT2D eigenvalue weighted by Crippen LogP contribution is 2.27. The molecule has 0 amide bonds. The molecule has 1 N–H and O–H groups in total. The van der Waals surface area contributed by atoms with Crippen LogP contribution in [0.3, 0.4) is 0 Å². The number of fused-ring (bicyclic) bond motifs is 1. The number of oxazole rings is 1. The minimum Gasteiger partial charge on any atom is -0.481 e. The van der Waals surface area contributed by atoms with E-state index in [1.807, 2.05) is 35.2 Å². The highest BCUT2D eigenvalue weighted by Gasteiger charge is 2.24. The summed E-state index contributed by atoms with van der Waals surface area (Å²) in [6.07, 6.45) is 7.90. The largest absolute Gasteiger partial charge is 0.481 e. The zero-order chi connectivity index (χ0) is 27.5. The first-order chi connectivity index (χ1) is 19.5. The maximum Gasteiger partial charge on any atom is 0.302 e. The Morgan fingerprint density at radius 1 is 1.00 bits per heavy atom. The fourth-order valence-electron chi connectivity index (χ4n) is 5.01. The number of piperidine rings is 1. The third-order valence-electron chi connectivity index (χ3n) is 7.15. The Morgan fingerprint density at radius 3 is 2.55 bits per heavy atom. The van der Waals surface area contributed by atoms with Gasteiger partial charge in [0.05, 0.1) is 12.7 Å². The molecule has 206 valence electrons. The van der Waals surface area contributed by atoms with Crippen molar-refractivity contribution < 1.29 is 18.7 Å². The van der Waals surface area contributed by atoms with Gasteiger partial charge in [-0.25, -0.2) is 18.8 Å². The van der Waals surface area contributed by atoms with Crippen LogP contribution in [-0.2, 0) is 19.6 Å². The Balaban J connectivity index is 1.36. The Kier molecular flexibility index (Phi) is 7.43. The van der Waals surface area contributed by atoms with Crippen molar-refractivity contribution in [1.82, 2.24) is 23.8 Å². The quantitative estimate of drug-likeness (QED) is 0.297. The average molecular weight is 544 g/mol. The summed E-state index contributed by atoms with van der Waals surface area (Å²) in [4.78, 5) is 24.9. The number of likely N-dealkylation sites (tertiary alicyclic amines) is 1. The van der Waals surface area contributed by atoms with Crippen LogP contribution in [0.1, 0.15) is 36.1 Å². The van der Waals surface area contributed by atoms with E-state index in [-0.39, 0.29) is 36.3 Å². The Morgan fingerprint density at radius 2 is 1.77 bits per heavy atom. The average Bonchev–Trinajstić information content (AvgIpc) is 3.62. The van der Waals surface area contributed by atoms with Crippen molar-refractivity contribution in [3.63, 3.8) is 0 Å². The molecule has 1 unspecified atom stereocenters. The van der Waals surface area contributed by atoms with E-state index >= 15 is 0 Å². The first-order valence-corrected chi connectivity index (χ1v) is 13.4. The van der Waals surface area contributed by atoms with Gasteiger partial charge < -0.3 is 18.8 Å². The van der Waals surface area contributed by atoms with E-state index in [1.165, 1.54) is 23.0 Å². The molecule has 0 radical (unpaired) electrons. The monoisotopic (exact) mass is 543 g/mol. The summed E-state index contributed by atoms with van der Waals surface area (Å²) < 4.78 is 28.6. The lowest BCUT2D eigenvalue weighted by atomic mass is 10.1. The summed E-state index contributed by atoms with van der Waals surface area (Å²) in [5.74, 6) is 0.735. The number of ether oxygens (including phenoxy) is 1. The van der Waals surface area contributed by atoms with Crippen molar-refractivity contribution in [2.45, 2.75) is 45.1 Å². The minimum atomic E-state index is -0.699. The summed E-state index contributed by atoms with van der Waals surface area (Å²) in [5.41, 5.74) is 1.53. The molecule has 1 atom stereocenters. The van der Waals surface area contributed by atoms with Gasteiger partial charge in [0.15, 0.2) is 5.69 Å². The molecule has 10 heteroatoms. The van der Waals surface area contributed by atoms with Crippen molar-refractivity contribution >= 4 is 5.78 Å². The number of hydrogen-bond acceptors (Lipinski definition) is 7. The summed E-state index contributed by atoms with van der Waals surface area (Å²) in [6.45, 7) is 2.09. The number of benzene rings is 2. The smallest absolute Gasteiger partial charge is 0.302 e. The molecule has 6 rings (SSSR count). The third kappa shape index (κ3) is 5.54. The van der Waals surface area contributed by atoms with Gasteiger partial charge in [-0.3, -0.25) is 9.69 Å². The molecule has 5 aromatic rings. The van der Waals surface area contributed by atoms with Gasteiger partial charge in [0.25, 0.3) is 0 Å². The number of nitrogens with zero attached hydrogens (tertiary/aromatic N) is 5. The van der Waals surface area contributed by atoms with Crippen LogP contribution in [0.2, 0.25) is 0 Å². The Labute approximate surface area is 230 Å². The lowest BCUT2D eigenvalue weighted by Gasteiger charge is -2.31. The lowest BCUT2D eigenvalue weighted by molar-refractivity contribution is -0.0185. The second-order valence-electron chi connectivity index (χ2n) is 10.0. The molecule has 1 aliphatic rings. The van der Waals surface area contributed by atoms with Crippen molar-refractivity contribution in [3.05, 3.63) is 106 Å². The molecule has 0 spiro atoms. The molecule has 0 aliphatic carbocycles. The number of aliphatic hydroxyl groups is 1. The van der Waals surface area contributed by atoms with Crippen molar-refractivity contribution in [2.24, 2.45) is 0 Å². The third-order valence-corrected chi connectivity index (χ3v) is 7.15. The molecule has 0 saturated carbocycles. The molecule has 1 saturated heterocycles. The first-order valence-electron chi connectivity index (χ1n) is 13.4. The number of halogens is 1. The SMILES string of the molecule is O=c1c(OCc2ccccc2)c(-c2ncc(Cc3ccc(F)cc3)o2)nc2n(CC(O)N3CCCCC3)ccn12. The molecule has 1 aliphatic heterocycles. The molecule has 9 nitrogen and oxygen atoms in total. The van der Waals surface area contributed by atoms with E-state index in [9.17, 15) is 14.3 Å². The van der Waals surface area contributed by atoms with Crippen LogP contribution >= 0.6 is 0 Å². The molecular formula is C30H30FN5O4. The van der Waals surface area contributed by atoms with Gasteiger partial charge in [-0.1, -0.05) is 48.9 Å². The summed E-state index contributed by atoms with van der Waals surface area (Å²) >= 11 is 0. The van der Waals surface area contributed by atoms with Crippen molar-refractivity contribution in [1.29, 1.82) is 0 Å².